The standard InChI is InChI=1S/C17H11ClFN3O2/c1-10(23)24-15-7-21-14(6-20)17-16(15)12(18)9-22(17)8-11-4-2-3-5-13(11)19/h2-5,7,9H,8H2,1H3. The fourth-order valence-corrected chi connectivity index (χ4v) is 2.81. The highest BCUT2D eigenvalue weighted by Crippen LogP contribution is 2.35. The lowest BCUT2D eigenvalue weighted by Crippen LogP contribution is -2.05. The second kappa shape index (κ2) is 6.30. The van der Waals surface area contributed by atoms with E-state index in [0.717, 1.165) is 0 Å². The molecule has 0 fully saturated rings. The minimum Gasteiger partial charge on any atom is -0.424 e. The average molecular weight is 344 g/mol. The van der Waals surface area contributed by atoms with Crippen LogP contribution >= 0.6 is 11.6 Å². The van der Waals surface area contributed by atoms with Gasteiger partial charge in [-0.05, 0) is 6.07 Å². The summed E-state index contributed by atoms with van der Waals surface area (Å²) in [7, 11) is 0. The molecule has 0 aliphatic heterocycles. The largest absolute Gasteiger partial charge is 0.424 e. The fraction of sp³-hybridized carbons (Fsp3) is 0.118. The topological polar surface area (TPSA) is 67.9 Å². The summed E-state index contributed by atoms with van der Waals surface area (Å²) in [4.78, 5) is 15.3. The van der Waals surface area contributed by atoms with Gasteiger partial charge in [-0.3, -0.25) is 4.79 Å². The number of carbonyl (C=O) groups is 1. The number of benzene rings is 1. The molecule has 0 saturated heterocycles. The quantitative estimate of drug-likeness (QED) is 0.680. The van der Waals surface area contributed by atoms with Crippen molar-refractivity contribution in [3.05, 3.63) is 58.8 Å². The van der Waals surface area contributed by atoms with Gasteiger partial charge in [-0.1, -0.05) is 29.8 Å². The summed E-state index contributed by atoms with van der Waals surface area (Å²) >= 11 is 6.26. The highest BCUT2D eigenvalue weighted by atomic mass is 35.5. The van der Waals surface area contributed by atoms with Crippen molar-refractivity contribution in [2.45, 2.75) is 13.5 Å². The van der Waals surface area contributed by atoms with Crippen LogP contribution in [0.15, 0.2) is 36.7 Å². The number of hydrogen-bond donors (Lipinski definition) is 0. The number of hydrogen-bond acceptors (Lipinski definition) is 4. The van der Waals surface area contributed by atoms with Crippen molar-refractivity contribution >= 4 is 28.5 Å². The van der Waals surface area contributed by atoms with E-state index in [2.05, 4.69) is 4.98 Å². The Morgan fingerprint density at radius 1 is 1.46 bits per heavy atom. The molecular formula is C17H11ClFN3O2. The van der Waals surface area contributed by atoms with Gasteiger partial charge in [0.15, 0.2) is 11.4 Å². The van der Waals surface area contributed by atoms with Crippen LogP contribution in [0, 0.1) is 17.1 Å². The van der Waals surface area contributed by atoms with Crippen LogP contribution < -0.4 is 4.74 Å². The summed E-state index contributed by atoms with van der Waals surface area (Å²) in [5.41, 5.74) is 0.946. The molecule has 2 aromatic heterocycles. The highest BCUT2D eigenvalue weighted by Gasteiger charge is 2.19. The molecule has 0 saturated carbocycles. The summed E-state index contributed by atoms with van der Waals surface area (Å²) < 4.78 is 20.7. The number of nitriles is 1. The van der Waals surface area contributed by atoms with Gasteiger partial charge in [0, 0.05) is 18.7 Å². The van der Waals surface area contributed by atoms with Gasteiger partial charge in [-0.15, -0.1) is 0 Å². The lowest BCUT2D eigenvalue weighted by atomic mass is 10.2. The number of esters is 1. The molecule has 0 bridgehead atoms. The number of halogens is 2. The van der Waals surface area contributed by atoms with Gasteiger partial charge in [0.2, 0.25) is 0 Å². The third kappa shape index (κ3) is 2.82. The van der Waals surface area contributed by atoms with E-state index in [4.69, 9.17) is 16.3 Å². The third-order valence-corrected chi connectivity index (χ3v) is 3.76. The predicted molar refractivity (Wildman–Crippen MR) is 86.3 cm³/mol. The smallest absolute Gasteiger partial charge is 0.308 e. The van der Waals surface area contributed by atoms with E-state index in [1.165, 1.54) is 19.2 Å². The molecule has 7 heteroatoms. The highest BCUT2D eigenvalue weighted by molar-refractivity contribution is 6.36. The van der Waals surface area contributed by atoms with Gasteiger partial charge in [-0.2, -0.15) is 5.26 Å². The second-order valence-electron chi connectivity index (χ2n) is 5.10. The first-order valence-electron chi connectivity index (χ1n) is 7.00. The Morgan fingerprint density at radius 2 is 2.21 bits per heavy atom. The van der Waals surface area contributed by atoms with E-state index in [0.29, 0.717) is 16.5 Å². The SMILES string of the molecule is CC(=O)Oc1cnc(C#N)c2c1c(Cl)cn2Cc1ccccc1F. The summed E-state index contributed by atoms with van der Waals surface area (Å²) in [6.45, 7) is 1.42. The summed E-state index contributed by atoms with van der Waals surface area (Å²) in [5.74, 6) is -0.729. The van der Waals surface area contributed by atoms with Gasteiger partial charge in [0.25, 0.3) is 0 Å². The number of carbonyl (C=O) groups excluding carboxylic acids is 1. The number of fused-ring (bicyclic) bond motifs is 1. The van der Waals surface area contributed by atoms with Crippen LogP contribution in [0.2, 0.25) is 5.02 Å². The molecule has 120 valence electrons. The van der Waals surface area contributed by atoms with Crippen molar-refractivity contribution in [1.29, 1.82) is 5.26 Å². The van der Waals surface area contributed by atoms with Crippen molar-refractivity contribution in [3.63, 3.8) is 0 Å². The number of rotatable bonds is 3. The Hall–Kier alpha value is -2.91. The number of pyridine rings is 1. The first kappa shape index (κ1) is 16.0. The molecular weight excluding hydrogens is 333 g/mol. The zero-order chi connectivity index (χ0) is 17.3. The van der Waals surface area contributed by atoms with Gasteiger partial charge in [0.1, 0.15) is 11.9 Å². The van der Waals surface area contributed by atoms with Crippen molar-refractivity contribution in [3.8, 4) is 11.8 Å². The molecule has 0 radical (unpaired) electrons. The van der Waals surface area contributed by atoms with Crippen molar-refractivity contribution in [2.75, 3.05) is 0 Å². The summed E-state index contributed by atoms with van der Waals surface area (Å²) in [6.07, 6.45) is 2.84. The summed E-state index contributed by atoms with van der Waals surface area (Å²) in [5, 5.41) is 10.00. The molecule has 0 aliphatic carbocycles. The first-order chi connectivity index (χ1) is 11.5. The Labute approximate surface area is 141 Å². The molecule has 24 heavy (non-hydrogen) atoms. The van der Waals surface area contributed by atoms with E-state index >= 15 is 0 Å². The van der Waals surface area contributed by atoms with E-state index < -0.39 is 5.97 Å². The van der Waals surface area contributed by atoms with Crippen molar-refractivity contribution in [1.82, 2.24) is 9.55 Å². The van der Waals surface area contributed by atoms with E-state index in [-0.39, 0.29) is 28.8 Å². The maximum absolute atomic E-state index is 13.9. The van der Waals surface area contributed by atoms with Gasteiger partial charge >= 0.3 is 5.97 Å². The van der Waals surface area contributed by atoms with E-state index in [9.17, 15) is 14.4 Å². The molecule has 0 aliphatic rings. The second-order valence-corrected chi connectivity index (χ2v) is 5.50. The predicted octanol–water partition coefficient (Wildman–Crippen LogP) is 3.67. The van der Waals surface area contributed by atoms with E-state index in [1.54, 1.807) is 29.0 Å². The van der Waals surface area contributed by atoms with Crippen molar-refractivity contribution in [2.24, 2.45) is 0 Å². The molecule has 3 aromatic rings. The van der Waals surface area contributed by atoms with Crippen LogP contribution in [-0.2, 0) is 11.3 Å². The number of nitrogens with zero attached hydrogens (tertiary/aromatic N) is 3. The van der Waals surface area contributed by atoms with E-state index in [1.807, 2.05) is 6.07 Å². The molecule has 3 rings (SSSR count). The van der Waals surface area contributed by atoms with Crippen molar-refractivity contribution < 1.29 is 13.9 Å². The normalized spacial score (nSPS) is 10.6. The molecule has 1 aromatic carbocycles. The molecule has 0 spiro atoms. The van der Waals surface area contributed by atoms with Gasteiger partial charge in [-0.25, -0.2) is 9.37 Å². The molecule has 5 nitrogen and oxygen atoms in total. The maximum atomic E-state index is 13.9. The lowest BCUT2D eigenvalue weighted by Gasteiger charge is -2.09. The maximum Gasteiger partial charge on any atom is 0.308 e. The fourth-order valence-electron chi connectivity index (χ4n) is 2.51. The molecule has 0 unspecified atom stereocenters. The van der Waals surface area contributed by atoms with Crippen LogP contribution in [0.3, 0.4) is 0 Å². The van der Waals surface area contributed by atoms with Gasteiger partial charge < -0.3 is 9.30 Å². The Morgan fingerprint density at radius 3 is 2.88 bits per heavy atom. The van der Waals surface area contributed by atoms with Gasteiger partial charge in [0.05, 0.1) is 28.7 Å². The zero-order valence-electron chi connectivity index (χ0n) is 12.6. The number of aromatic nitrogens is 2. The Kier molecular flexibility index (Phi) is 4.19. The average Bonchev–Trinajstić information content (AvgIpc) is 2.87. The number of ether oxygens (including phenoxy) is 1. The van der Waals surface area contributed by atoms with Crippen LogP contribution in [-0.4, -0.2) is 15.5 Å². The molecule has 0 N–H and O–H groups in total. The summed E-state index contributed by atoms with van der Waals surface area (Å²) in [6, 6.07) is 8.30. The lowest BCUT2D eigenvalue weighted by molar-refractivity contribution is -0.131. The third-order valence-electron chi connectivity index (χ3n) is 3.47. The van der Waals surface area contributed by atoms with Crippen LogP contribution in [0.5, 0.6) is 5.75 Å². The zero-order valence-corrected chi connectivity index (χ0v) is 13.3. The van der Waals surface area contributed by atoms with Crippen LogP contribution in [0.1, 0.15) is 18.2 Å². The minimum atomic E-state index is -0.527. The molecule has 0 amide bonds. The Bertz CT molecular complexity index is 991. The molecule has 0 atom stereocenters. The Balaban J connectivity index is 2.21. The minimum absolute atomic E-state index is 0.115. The van der Waals surface area contributed by atoms with Crippen LogP contribution in [0.4, 0.5) is 4.39 Å². The first-order valence-corrected chi connectivity index (χ1v) is 7.38. The molecule has 2 heterocycles. The van der Waals surface area contributed by atoms with Crippen LogP contribution in [0.25, 0.3) is 10.9 Å². The monoisotopic (exact) mass is 343 g/mol.